The van der Waals surface area contributed by atoms with E-state index in [-0.39, 0.29) is 0 Å². The summed E-state index contributed by atoms with van der Waals surface area (Å²) in [6.45, 7) is 0.714. The largest absolute Gasteiger partial charge is 0.508 e. The van der Waals surface area contributed by atoms with Gasteiger partial charge in [-0.05, 0) is 29.8 Å². The van der Waals surface area contributed by atoms with Gasteiger partial charge in [0, 0.05) is 11.7 Å². The molecule has 0 aromatic heterocycles. The molecule has 1 fully saturated rings. The Morgan fingerprint density at radius 1 is 1.36 bits per heavy atom. The lowest BCUT2D eigenvalue weighted by molar-refractivity contribution is 0.447. The predicted molar refractivity (Wildman–Crippen MR) is 60.7 cm³/mol. The Kier molecular flexibility index (Phi) is 2.99. The van der Waals surface area contributed by atoms with Gasteiger partial charge >= 0.3 is 0 Å². The van der Waals surface area contributed by atoms with Gasteiger partial charge in [0.25, 0.3) is 0 Å². The first kappa shape index (κ1) is 9.87. The van der Waals surface area contributed by atoms with Crippen molar-refractivity contribution in [2.75, 3.05) is 18.1 Å². The first-order valence-electron chi connectivity index (χ1n) is 4.88. The maximum Gasteiger partial charge on any atom is 0.119 e. The summed E-state index contributed by atoms with van der Waals surface area (Å²) in [5, 5.41) is 9.73. The Hall–Kier alpha value is -0.670. The molecule has 2 rings (SSSR count). The number of para-hydroxylation sites is 1. The molecule has 2 nitrogen and oxygen atoms in total. The molecule has 1 aromatic carbocycles. The van der Waals surface area contributed by atoms with Crippen LogP contribution in [0.1, 0.15) is 11.5 Å². The topological polar surface area (TPSA) is 46.2 Å². The third kappa shape index (κ3) is 1.74. The van der Waals surface area contributed by atoms with Gasteiger partial charge in [-0.1, -0.05) is 18.2 Å². The van der Waals surface area contributed by atoms with Crippen LogP contribution in [0.4, 0.5) is 0 Å². The Morgan fingerprint density at radius 3 is 2.86 bits per heavy atom. The molecule has 2 atom stereocenters. The highest BCUT2D eigenvalue weighted by molar-refractivity contribution is 7.99. The molecule has 0 amide bonds. The number of nitrogens with two attached hydrogens (primary N) is 1. The summed E-state index contributed by atoms with van der Waals surface area (Å²) in [5.74, 6) is 3.58. The summed E-state index contributed by atoms with van der Waals surface area (Å²) in [6.07, 6.45) is 0. The molecule has 0 spiro atoms. The number of phenolic OH excluding ortho intramolecular Hbond substituents is 1. The lowest BCUT2D eigenvalue weighted by Gasteiger charge is -2.18. The van der Waals surface area contributed by atoms with Crippen LogP contribution in [0.5, 0.6) is 5.75 Å². The van der Waals surface area contributed by atoms with Crippen LogP contribution < -0.4 is 5.73 Å². The molecule has 0 saturated carbocycles. The zero-order valence-corrected chi connectivity index (χ0v) is 8.83. The predicted octanol–water partition coefficient (Wildman–Crippen LogP) is 1.80. The quantitative estimate of drug-likeness (QED) is 0.780. The standard InChI is InChI=1S/C11H15NOS/c12-5-8-6-14-7-10(8)9-3-1-2-4-11(9)13/h1-4,8,10,13H,5-7,12H2. The first-order chi connectivity index (χ1) is 6.83. The van der Waals surface area contributed by atoms with E-state index < -0.39 is 0 Å². The maximum atomic E-state index is 9.73. The SMILES string of the molecule is NCC1CSCC1c1ccccc1O. The van der Waals surface area contributed by atoms with Crippen molar-refractivity contribution in [1.82, 2.24) is 0 Å². The molecular weight excluding hydrogens is 194 g/mol. The van der Waals surface area contributed by atoms with Crippen LogP contribution in [0.15, 0.2) is 24.3 Å². The Morgan fingerprint density at radius 2 is 2.14 bits per heavy atom. The minimum absolute atomic E-state index is 0.415. The van der Waals surface area contributed by atoms with Crippen LogP contribution in [-0.4, -0.2) is 23.2 Å². The van der Waals surface area contributed by atoms with Crippen molar-refractivity contribution in [2.45, 2.75) is 5.92 Å². The van der Waals surface area contributed by atoms with Crippen molar-refractivity contribution >= 4 is 11.8 Å². The van der Waals surface area contributed by atoms with Crippen molar-refractivity contribution in [3.8, 4) is 5.75 Å². The van der Waals surface area contributed by atoms with E-state index in [9.17, 15) is 5.11 Å². The third-order valence-electron chi connectivity index (χ3n) is 2.84. The number of aromatic hydroxyl groups is 1. The Bertz CT molecular complexity index is 316. The molecule has 1 aliphatic rings. The van der Waals surface area contributed by atoms with Gasteiger partial charge in [-0.2, -0.15) is 11.8 Å². The summed E-state index contributed by atoms with van der Waals surface area (Å²) >= 11 is 1.93. The molecule has 14 heavy (non-hydrogen) atoms. The summed E-state index contributed by atoms with van der Waals surface area (Å²) in [5.41, 5.74) is 6.78. The molecule has 76 valence electrons. The van der Waals surface area contributed by atoms with Crippen LogP contribution >= 0.6 is 11.8 Å². The smallest absolute Gasteiger partial charge is 0.119 e. The molecule has 1 heterocycles. The minimum Gasteiger partial charge on any atom is -0.508 e. The molecule has 1 aromatic rings. The molecule has 2 unspecified atom stereocenters. The van der Waals surface area contributed by atoms with Crippen molar-refractivity contribution in [1.29, 1.82) is 0 Å². The molecule has 0 bridgehead atoms. The Labute approximate surface area is 88.5 Å². The van der Waals surface area contributed by atoms with E-state index in [4.69, 9.17) is 5.73 Å². The van der Waals surface area contributed by atoms with Gasteiger partial charge in [0.1, 0.15) is 5.75 Å². The summed E-state index contributed by atoms with van der Waals surface area (Å²) in [7, 11) is 0. The normalized spacial score (nSPS) is 26.6. The van der Waals surface area contributed by atoms with Crippen LogP contribution in [0.2, 0.25) is 0 Å². The van der Waals surface area contributed by atoms with E-state index in [1.54, 1.807) is 6.07 Å². The van der Waals surface area contributed by atoms with Gasteiger partial charge in [-0.25, -0.2) is 0 Å². The van der Waals surface area contributed by atoms with E-state index in [0.717, 1.165) is 17.1 Å². The zero-order valence-electron chi connectivity index (χ0n) is 8.02. The number of hydrogen-bond donors (Lipinski definition) is 2. The fraction of sp³-hybridized carbons (Fsp3) is 0.455. The average Bonchev–Trinajstić information content (AvgIpc) is 2.66. The molecule has 3 heteroatoms. The van der Waals surface area contributed by atoms with Crippen molar-refractivity contribution in [2.24, 2.45) is 11.7 Å². The van der Waals surface area contributed by atoms with E-state index in [1.807, 2.05) is 30.0 Å². The summed E-state index contributed by atoms with van der Waals surface area (Å²) in [6, 6.07) is 7.60. The summed E-state index contributed by atoms with van der Waals surface area (Å²) in [4.78, 5) is 0. The van der Waals surface area contributed by atoms with E-state index >= 15 is 0 Å². The van der Waals surface area contributed by atoms with E-state index in [0.29, 0.717) is 24.1 Å². The highest BCUT2D eigenvalue weighted by Gasteiger charge is 2.29. The Balaban J connectivity index is 2.26. The fourth-order valence-corrected chi connectivity index (χ4v) is 3.49. The van der Waals surface area contributed by atoms with Crippen LogP contribution in [0.3, 0.4) is 0 Å². The number of benzene rings is 1. The minimum atomic E-state index is 0.415. The molecular formula is C11H15NOS. The second-order valence-corrected chi connectivity index (χ2v) is 4.77. The van der Waals surface area contributed by atoms with Gasteiger partial charge < -0.3 is 10.8 Å². The van der Waals surface area contributed by atoms with Crippen LogP contribution in [0.25, 0.3) is 0 Å². The van der Waals surface area contributed by atoms with Crippen molar-refractivity contribution < 1.29 is 5.11 Å². The van der Waals surface area contributed by atoms with Gasteiger partial charge in [0.2, 0.25) is 0 Å². The molecule has 1 saturated heterocycles. The van der Waals surface area contributed by atoms with Crippen LogP contribution in [-0.2, 0) is 0 Å². The van der Waals surface area contributed by atoms with Gasteiger partial charge in [0.15, 0.2) is 0 Å². The van der Waals surface area contributed by atoms with E-state index in [1.165, 1.54) is 0 Å². The molecule has 3 N–H and O–H groups in total. The average molecular weight is 209 g/mol. The highest BCUT2D eigenvalue weighted by atomic mass is 32.2. The number of phenols is 1. The van der Waals surface area contributed by atoms with E-state index in [2.05, 4.69) is 0 Å². The second-order valence-electron chi connectivity index (χ2n) is 3.70. The first-order valence-corrected chi connectivity index (χ1v) is 6.04. The van der Waals surface area contributed by atoms with Gasteiger partial charge in [-0.15, -0.1) is 0 Å². The van der Waals surface area contributed by atoms with Gasteiger partial charge in [-0.3, -0.25) is 0 Å². The molecule has 0 aliphatic carbocycles. The maximum absolute atomic E-state index is 9.73. The van der Waals surface area contributed by atoms with Crippen LogP contribution in [0, 0.1) is 5.92 Å². The highest BCUT2D eigenvalue weighted by Crippen LogP contribution is 2.40. The van der Waals surface area contributed by atoms with Gasteiger partial charge in [0.05, 0.1) is 0 Å². The molecule has 1 aliphatic heterocycles. The number of hydrogen-bond acceptors (Lipinski definition) is 3. The number of thioether (sulfide) groups is 1. The fourth-order valence-electron chi connectivity index (χ4n) is 1.98. The monoisotopic (exact) mass is 209 g/mol. The lowest BCUT2D eigenvalue weighted by Crippen LogP contribution is -2.20. The number of rotatable bonds is 2. The lowest BCUT2D eigenvalue weighted by atomic mass is 9.88. The second kappa shape index (κ2) is 4.24. The van der Waals surface area contributed by atoms with Crippen molar-refractivity contribution in [3.05, 3.63) is 29.8 Å². The van der Waals surface area contributed by atoms with Crippen molar-refractivity contribution in [3.63, 3.8) is 0 Å². The molecule has 0 radical (unpaired) electrons. The summed E-state index contributed by atoms with van der Waals surface area (Å²) < 4.78 is 0. The third-order valence-corrected chi connectivity index (χ3v) is 4.10. The zero-order chi connectivity index (χ0) is 9.97.